The van der Waals surface area contributed by atoms with E-state index in [0.29, 0.717) is 49.0 Å². The predicted molar refractivity (Wildman–Crippen MR) is 114 cm³/mol. The number of rotatable bonds is 6. The molecule has 0 radical (unpaired) electrons. The van der Waals surface area contributed by atoms with E-state index >= 15 is 0 Å². The Balaban J connectivity index is 1.59. The van der Waals surface area contributed by atoms with Crippen molar-refractivity contribution in [1.82, 2.24) is 9.80 Å². The second-order valence-corrected chi connectivity index (χ2v) is 6.83. The van der Waals surface area contributed by atoms with Crippen LogP contribution in [-0.2, 0) is 4.79 Å². The van der Waals surface area contributed by atoms with Crippen LogP contribution in [0.1, 0.15) is 15.9 Å². The molecule has 0 N–H and O–H groups in total. The second-order valence-electron chi connectivity index (χ2n) is 6.83. The number of hydrogen-bond acceptors (Lipinski definition) is 5. The van der Waals surface area contributed by atoms with Crippen LogP contribution < -0.4 is 14.2 Å². The summed E-state index contributed by atoms with van der Waals surface area (Å²) in [6.07, 6.45) is 3.27. The Hall–Kier alpha value is -3.48. The maximum atomic E-state index is 12.7. The maximum absolute atomic E-state index is 12.7. The molecule has 1 fully saturated rings. The number of ether oxygens (including phenoxy) is 3. The van der Waals surface area contributed by atoms with Crippen molar-refractivity contribution in [1.29, 1.82) is 0 Å². The summed E-state index contributed by atoms with van der Waals surface area (Å²) < 4.78 is 15.7. The van der Waals surface area contributed by atoms with E-state index in [9.17, 15) is 9.59 Å². The fraction of sp³-hybridized carbons (Fsp3) is 0.304. The summed E-state index contributed by atoms with van der Waals surface area (Å²) in [6, 6.07) is 12.5. The molecule has 3 rings (SSSR count). The van der Waals surface area contributed by atoms with Crippen LogP contribution in [0.5, 0.6) is 17.2 Å². The molecule has 0 spiro atoms. The first-order valence-corrected chi connectivity index (χ1v) is 9.67. The van der Waals surface area contributed by atoms with Crippen LogP contribution in [0, 0.1) is 0 Å². The summed E-state index contributed by atoms with van der Waals surface area (Å²) in [4.78, 5) is 28.8. The Morgan fingerprint density at radius 3 is 2.00 bits per heavy atom. The monoisotopic (exact) mass is 410 g/mol. The van der Waals surface area contributed by atoms with Crippen LogP contribution >= 0.6 is 0 Å². The molecule has 0 atom stereocenters. The van der Waals surface area contributed by atoms with Gasteiger partial charge in [0, 0.05) is 43.9 Å². The van der Waals surface area contributed by atoms with Crippen molar-refractivity contribution in [2.24, 2.45) is 0 Å². The van der Waals surface area contributed by atoms with Gasteiger partial charge in [-0.2, -0.15) is 0 Å². The molecule has 7 nitrogen and oxygen atoms in total. The van der Waals surface area contributed by atoms with Gasteiger partial charge in [0.25, 0.3) is 5.91 Å². The van der Waals surface area contributed by atoms with Crippen molar-refractivity contribution in [2.75, 3.05) is 47.5 Å². The SMILES string of the molecule is COc1cc(/C=C/C(=O)N2CCN(C(=O)c3cccc(OC)c3)CC2)cc(OC)c1. The Labute approximate surface area is 176 Å². The van der Waals surface area contributed by atoms with Crippen LogP contribution in [0.3, 0.4) is 0 Å². The van der Waals surface area contributed by atoms with Crippen molar-refractivity contribution >= 4 is 17.9 Å². The van der Waals surface area contributed by atoms with Crippen LogP contribution in [0.4, 0.5) is 0 Å². The smallest absolute Gasteiger partial charge is 0.254 e. The molecule has 2 aromatic carbocycles. The van der Waals surface area contributed by atoms with E-state index in [-0.39, 0.29) is 11.8 Å². The number of nitrogens with zero attached hydrogens (tertiary/aromatic N) is 2. The molecule has 2 amide bonds. The highest BCUT2D eigenvalue weighted by Crippen LogP contribution is 2.23. The van der Waals surface area contributed by atoms with Crippen LogP contribution in [0.15, 0.2) is 48.5 Å². The molecule has 0 saturated carbocycles. The van der Waals surface area contributed by atoms with Gasteiger partial charge in [-0.25, -0.2) is 0 Å². The molecular weight excluding hydrogens is 384 g/mol. The number of carbonyl (C=O) groups is 2. The lowest BCUT2D eigenvalue weighted by atomic mass is 10.1. The molecule has 7 heteroatoms. The first-order chi connectivity index (χ1) is 14.5. The van der Waals surface area contributed by atoms with Gasteiger partial charge in [0.2, 0.25) is 5.91 Å². The number of benzene rings is 2. The van der Waals surface area contributed by atoms with E-state index in [4.69, 9.17) is 14.2 Å². The van der Waals surface area contributed by atoms with Gasteiger partial charge >= 0.3 is 0 Å². The largest absolute Gasteiger partial charge is 0.497 e. The standard InChI is InChI=1S/C23H26N2O5/c1-28-19-6-4-5-18(15-19)23(27)25-11-9-24(10-12-25)22(26)8-7-17-13-20(29-2)16-21(14-17)30-3/h4-8,13-16H,9-12H2,1-3H3/b8-7+. The minimum atomic E-state index is -0.0923. The number of piperazine rings is 1. The first kappa shape index (κ1) is 21.2. The van der Waals surface area contributed by atoms with Gasteiger partial charge in [-0.1, -0.05) is 6.07 Å². The van der Waals surface area contributed by atoms with E-state index in [1.54, 1.807) is 67.5 Å². The molecule has 1 heterocycles. The highest BCUT2D eigenvalue weighted by molar-refractivity contribution is 5.95. The van der Waals surface area contributed by atoms with Gasteiger partial charge in [0.1, 0.15) is 17.2 Å². The zero-order valence-corrected chi connectivity index (χ0v) is 17.5. The molecule has 1 saturated heterocycles. The van der Waals surface area contributed by atoms with E-state index in [2.05, 4.69) is 0 Å². The lowest BCUT2D eigenvalue weighted by Crippen LogP contribution is -2.50. The second kappa shape index (κ2) is 9.82. The third-order valence-electron chi connectivity index (χ3n) is 4.99. The molecule has 1 aliphatic rings. The lowest BCUT2D eigenvalue weighted by Gasteiger charge is -2.34. The Morgan fingerprint density at radius 2 is 1.40 bits per heavy atom. The molecule has 0 aliphatic carbocycles. The Kier molecular flexibility index (Phi) is 6.95. The molecule has 0 bridgehead atoms. The number of methoxy groups -OCH3 is 3. The van der Waals surface area contributed by atoms with Crippen LogP contribution in [-0.4, -0.2) is 69.1 Å². The summed E-state index contributed by atoms with van der Waals surface area (Å²) in [5.41, 5.74) is 1.40. The van der Waals surface area contributed by atoms with Gasteiger partial charge in [0.15, 0.2) is 0 Å². The Morgan fingerprint density at radius 1 is 0.800 bits per heavy atom. The molecule has 1 aliphatic heterocycles. The maximum Gasteiger partial charge on any atom is 0.254 e. The molecule has 0 aromatic heterocycles. The van der Waals surface area contributed by atoms with Crippen LogP contribution in [0.25, 0.3) is 6.08 Å². The topological polar surface area (TPSA) is 68.3 Å². The van der Waals surface area contributed by atoms with Gasteiger partial charge in [-0.3, -0.25) is 9.59 Å². The van der Waals surface area contributed by atoms with Gasteiger partial charge in [-0.15, -0.1) is 0 Å². The van der Waals surface area contributed by atoms with Crippen molar-refractivity contribution in [2.45, 2.75) is 0 Å². The van der Waals surface area contributed by atoms with E-state index in [1.165, 1.54) is 6.08 Å². The van der Waals surface area contributed by atoms with Crippen molar-refractivity contribution in [3.05, 3.63) is 59.7 Å². The van der Waals surface area contributed by atoms with Crippen molar-refractivity contribution in [3.63, 3.8) is 0 Å². The third-order valence-corrected chi connectivity index (χ3v) is 4.99. The van der Waals surface area contributed by atoms with Gasteiger partial charge in [0.05, 0.1) is 21.3 Å². The van der Waals surface area contributed by atoms with E-state index < -0.39 is 0 Å². The lowest BCUT2D eigenvalue weighted by molar-refractivity contribution is -0.127. The normalized spacial score (nSPS) is 14.0. The highest BCUT2D eigenvalue weighted by Gasteiger charge is 2.24. The fourth-order valence-electron chi connectivity index (χ4n) is 3.27. The van der Waals surface area contributed by atoms with E-state index in [1.807, 2.05) is 12.1 Å². The average Bonchev–Trinajstić information content (AvgIpc) is 2.81. The van der Waals surface area contributed by atoms with Crippen LogP contribution in [0.2, 0.25) is 0 Å². The molecule has 30 heavy (non-hydrogen) atoms. The highest BCUT2D eigenvalue weighted by atomic mass is 16.5. The zero-order chi connectivity index (χ0) is 21.5. The average molecular weight is 410 g/mol. The molecular formula is C23H26N2O5. The fourth-order valence-corrected chi connectivity index (χ4v) is 3.27. The summed E-state index contributed by atoms with van der Waals surface area (Å²) in [5, 5.41) is 0. The minimum absolute atomic E-state index is 0.0555. The molecule has 0 unspecified atom stereocenters. The summed E-state index contributed by atoms with van der Waals surface area (Å²) in [5.74, 6) is 1.82. The van der Waals surface area contributed by atoms with Gasteiger partial charge in [-0.05, 0) is 42.0 Å². The molecule has 2 aromatic rings. The summed E-state index contributed by atoms with van der Waals surface area (Å²) >= 11 is 0. The first-order valence-electron chi connectivity index (χ1n) is 9.67. The number of amides is 2. The Bertz CT molecular complexity index is 911. The van der Waals surface area contributed by atoms with Crippen molar-refractivity contribution < 1.29 is 23.8 Å². The quantitative estimate of drug-likeness (QED) is 0.685. The number of hydrogen-bond donors (Lipinski definition) is 0. The summed E-state index contributed by atoms with van der Waals surface area (Å²) in [6.45, 7) is 1.95. The minimum Gasteiger partial charge on any atom is -0.497 e. The zero-order valence-electron chi connectivity index (χ0n) is 17.5. The van der Waals surface area contributed by atoms with E-state index in [0.717, 1.165) is 5.56 Å². The molecule has 158 valence electrons. The number of carbonyl (C=O) groups excluding carboxylic acids is 2. The summed E-state index contributed by atoms with van der Waals surface area (Å²) in [7, 11) is 4.74. The predicted octanol–water partition coefficient (Wildman–Crippen LogP) is 2.71. The van der Waals surface area contributed by atoms with Gasteiger partial charge < -0.3 is 24.0 Å². The third kappa shape index (κ3) is 5.11. The van der Waals surface area contributed by atoms with Crippen molar-refractivity contribution in [3.8, 4) is 17.2 Å².